The minimum absolute atomic E-state index is 0.0299. The van der Waals surface area contributed by atoms with Crippen LogP contribution in [-0.2, 0) is 22.2 Å². The van der Waals surface area contributed by atoms with Crippen LogP contribution in [-0.4, -0.2) is 98.0 Å². The molecule has 3 aliphatic rings. The Morgan fingerprint density at radius 1 is 1.04 bits per heavy atom. The summed E-state index contributed by atoms with van der Waals surface area (Å²) in [6.45, 7) is 11.2. The summed E-state index contributed by atoms with van der Waals surface area (Å²) in [6.07, 6.45) is 11.0. The summed E-state index contributed by atoms with van der Waals surface area (Å²) in [4.78, 5) is 44.3. The topological polar surface area (TPSA) is 123 Å². The van der Waals surface area contributed by atoms with Gasteiger partial charge in [-0.05, 0) is 116 Å². The quantitative estimate of drug-likeness (QED) is 0.0952. The van der Waals surface area contributed by atoms with E-state index in [0.29, 0.717) is 51.5 Å². The summed E-state index contributed by atoms with van der Waals surface area (Å²) < 4.78 is 41.2. The molecule has 0 radical (unpaired) electrons. The number of carbonyl (C=O) groups excluding carboxylic acids is 3. The summed E-state index contributed by atoms with van der Waals surface area (Å²) in [5, 5.41) is 9.34. The van der Waals surface area contributed by atoms with E-state index in [2.05, 4.69) is 58.7 Å². The summed E-state index contributed by atoms with van der Waals surface area (Å²) >= 11 is 3.12. The lowest BCUT2D eigenvalue weighted by Crippen LogP contribution is -2.56. The molecule has 2 heterocycles. The van der Waals surface area contributed by atoms with Gasteiger partial charge in [0.1, 0.15) is 6.04 Å². The van der Waals surface area contributed by atoms with Gasteiger partial charge >= 0.3 is 12.2 Å². The van der Waals surface area contributed by atoms with Crippen molar-refractivity contribution in [2.75, 3.05) is 58.6 Å². The maximum absolute atomic E-state index is 13.7. The van der Waals surface area contributed by atoms with Crippen molar-refractivity contribution in [2.24, 2.45) is 5.92 Å². The van der Waals surface area contributed by atoms with Crippen LogP contribution in [0.3, 0.4) is 0 Å². The minimum Gasteiger partial charge on any atom is -0.397 e. The van der Waals surface area contributed by atoms with E-state index >= 15 is 0 Å². The highest BCUT2D eigenvalue weighted by molar-refractivity contribution is 9.10. The number of likely N-dealkylation sites (tertiary alicyclic amines) is 2. The second kappa shape index (κ2) is 22.0. The molecule has 10 nitrogen and oxygen atoms in total. The number of nitrogens with two attached hydrogens (primary N) is 1. The summed E-state index contributed by atoms with van der Waals surface area (Å²) in [5.74, 6) is 0.150. The number of amides is 4. The van der Waals surface area contributed by atoms with E-state index in [-0.39, 0.29) is 28.4 Å². The van der Waals surface area contributed by atoms with Crippen LogP contribution < -0.4 is 21.7 Å². The fraction of sp³-hybridized carbons (Fsp3) is 0.615. The highest BCUT2D eigenvalue weighted by Crippen LogP contribution is 2.38. The molecule has 1 aliphatic carbocycles. The Morgan fingerprint density at radius 3 is 2.26 bits per heavy atom. The average Bonchev–Trinajstić information content (AvgIpc) is 3.38. The number of benzene rings is 1. The van der Waals surface area contributed by atoms with Gasteiger partial charge in [-0.1, -0.05) is 39.0 Å². The van der Waals surface area contributed by atoms with E-state index < -0.39 is 29.5 Å². The maximum atomic E-state index is 13.7. The van der Waals surface area contributed by atoms with Gasteiger partial charge in [-0.3, -0.25) is 9.59 Å². The largest absolute Gasteiger partial charge is 0.418 e. The van der Waals surface area contributed by atoms with Gasteiger partial charge in [0.05, 0.1) is 11.3 Å². The number of hydrogen-bond donors (Lipinski definition) is 4. The van der Waals surface area contributed by atoms with Crippen molar-refractivity contribution < 1.29 is 27.6 Å². The number of piperidine rings is 2. The first-order valence-electron chi connectivity index (χ1n) is 19.0. The van der Waals surface area contributed by atoms with E-state index in [1.807, 2.05) is 25.3 Å². The maximum Gasteiger partial charge on any atom is 0.418 e. The van der Waals surface area contributed by atoms with Gasteiger partial charge in [-0.15, -0.1) is 0 Å². The molecular weight excluding hydrogens is 751 g/mol. The number of nitrogens with one attached hydrogen (secondary N) is 3. The van der Waals surface area contributed by atoms with E-state index in [0.717, 1.165) is 43.9 Å². The van der Waals surface area contributed by atoms with E-state index in [4.69, 9.17) is 5.73 Å². The lowest BCUT2D eigenvalue weighted by Gasteiger charge is -2.38. The number of carbonyl (C=O) groups is 3. The molecule has 2 fully saturated rings. The Morgan fingerprint density at radius 2 is 1.68 bits per heavy atom. The van der Waals surface area contributed by atoms with Gasteiger partial charge < -0.3 is 36.4 Å². The van der Waals surface area contributed by atoms with Crippen molar-refractivity contribution in [1.29, 1.82) is 0 Å². The molecule has 1 atom stereocenters. The number of hydrogen-bond acceptors (Lipinski definition) is 6. The normalized spacial score (nSPS) is 17.5. The third-order valence-electron chi connectivity index (χ3n) is 10.0. The second-order valence-electron chi connectivity index (χ2n) is 14.1. The van der Waals surface area contributed by atoms with E-state index in [1.165, 1.54) is 37.6 Å². The molecule has 2 saturated heterocycles. The predicted molar refractivity (Wildman–Crippen MR) is 209 cm³/mol. The first-order chi connectivity index (χ1) is 25.3. The number of nitrogen functional groups attached to an aromatic ring is 1. The number of likely N-dealkylation sites (N-methyl/N-ethyl adjacent to an activating group) is 1. The Labute approximate surface area is 322 Å². The van der Waals surface area contributed by atoms with Crippen LogP contribution in [0.4, 0.5) is 23.7 Å². The Hall–Kier alpha value is -3.52. The van der Waals surface area contributed by atoms with Gasteiger partial charge in [0.15, 0.2) is 0 Å². The smallest absolute Gasteiger partial charge is 0.397 e. The number of anilines is 1. The molecule has 2 aliphatic heterocycles. The molecule has 0 bridgehead atoms. The van der Waals surface area contributed by atoms with Gasteiger partial charge in [0.2, 0.25) is 12.3 Å². The Balaban J connectivity index is 0.000000980. The monoisotopic (exact) mass is 809 g/mol. The molecule has 0 aromatic heterocycles. The summed E-state index contributed by atoms with van der Waals surface area (Å²) in [5.41, 5.74) is 6.77. The standard InChI is InChI=1S/C33H44BrF3N6O3.C6H15N/c1-22-8-13-41(14-9-22)31(45)29(20-23-18-26(33(35,36)37)30(38)27(34)19-23)40-32(46)42-16-11-25(12-17-42)43(21-44)15-10-24-6-4-3-5-7-28(24)39-2;1-3-5-7-6-4-2/h3-5,7,18-19,21-22,25,29,39H,6,8-17,20,38H2,1-2H3,(H,40,46);7H,3-6H2,1-2H3/t29-;/m1./s1. The number of halogens is 4. The van der Waals surface area contributed by atoms with Crippen molar-refractivity contribution >= 4 is 40.0 Å². The number of allylic oxidation sites excluding steroid dienone is 4. The van der Waals surface area contributed by atoms with Gasteiger partial charge in [-0.2, -0.15) is 13.2 Å². The van der Waals surface area contributed by atoms with Crippen LogP contribution in [0.5, 0.6) is 0 Å². The molecule has 14 heteroatoms. The van der Waals surface area contributed by atoms with E-state index in [1.54, 1.807) is 14.7 Å². The predicted octanol–water partition coefficient (Wildman–Crippen LogP) is 6.63. The first-order valence-corrected chi connectivity index (χ1v) is 19.8. The van der Waals surface area contributed by atoms with Crippen LogP contribution in [0.25, 0.3) is 0 Å². The molecule has 53 heavy (non-hydrogen) atoms. The molecule has 1 aromatic carbocycles. The molecule has 296 valence electrons. The molecule has 0 spiro atoms. The number of urea groups is 1. The number of nitrogens with zero attached hydrogens (tertiary/aromatic N) is 3. The molecule has 5 N–H and O–H groups in total. The summed E-state index contributed by atoms with van der Waals surface area (Å²) in [7, 11) is 1.88. The second-order valence-corrected chi connectivity index (χ2v) is 14.9. The Bertz CT molecular complexity index is 1430. The van der Waals surface area contributed by atoms with Crippen molar-refractivity contribution in [3.63, 3.8) is 0 Å². The fourth-order valence-electron chi connectivity index (χ4n) is 6.78. The highest BCUT2D eigenvalue weighted by atomic mass is 79.9. The minimum atomic E-state index is -4.68. The molecule has 4 amide bonds. The van der Waals surface area contributed by atoms with Gasteiger partial charge in [-0.25, -0.2) is 4.79 Å². The van der Waals surface area contributed by atoms with Crippen LogP contribution in [0.1, 0.15) is 83.3 Å². The zero-order valence-corrected chi connectivity index (χ0v) is 33.3. The zero-order chi connectivity index (χ0) is 39.0. The molecule has 4 rings (SSSR count). The number of alkyl halides is 3. The first kappa shape index (κ1) is 43.9. The third kappa shape index (κ3) is 13.7. The highest BCUT2D eigenvalue weighted by Gasteiger charge is 2.36. The van der Waals surface area contributed by atoms with Crippen LogP contribution in [0.15, 0.2) is 52.2 Å². The molecular formula is C39H59BrF3N7O3. The van der Waals surface area contributed by atoms with E-state index in [9.17, 15) is 27.6 Å². The van der Waals surface area contributed by atoms with Crippen molar-refractivity contribution in [3.8, 4) is 0 Å². The van der Waals surface area contributed by atoms with Gasteiger partial charge in [0, 0.05) is 62.4 Å². The zero-order valence-electron chi connectivity index (χ0n) is 31.7. The fourth-order valence-corrected chi connectivity index (χ4v) is 7.29. The lowest BCUT2D eigenvalue weighted by molar-refractivity contribution is -0.137. The van der Waals surface area contributed by atoms with Crippen molar-refractivity contribution in [2.45, 2.75) is 96.8 Å². The molecule has 0 saturated carbocycles. The van der Waals surface area contributed by atoms with Crippen molar-refractivity contribution in [3.05, 3.63) is 63.3 Å². The Kier molecular flexibility index (Phi) is 18.2. The van der Waals surface area contributed by atoms with Crippen LogP contribution >= 0.6 is 15.9 Å². The SMILES string of the molecule is CCCNCCC.CNC1=C(CCN(C=O)C2CCN(C(=O)N[C@H](Cc3cc(Br)c(N)c(C(F)(F)F)c3)C(=O)N3CCC(C)CC3)CC2)CC=CC=C1. The van der Waals surface area contributed by atoms with Crippen LogP contribution in [0.2, 0.25) is 0 Å². The molecule has 1 aromatic rings. The molecule has 0 unspecified atom stereocenters. The van der Waals surface area contributed by atoms with Crippen molar-refractivity contribution in [1.82, 2.24) is 30.7 Å². The average molecular weight is 811 g/mol. The summed E-state index contributed by atoms with van der Waals surface area (Å²) in [6, 6.07) is 0.871. The van der Waals surface area contributed by atoms with Gasteiger partial charge in [0.25, 0.3) is 0 Å². The third-order valence-corrected chi connectivity index (χ3v) is 10.7. The van der Waals surface area contributed by atoms with Crippen LogP contribution in [0, 0.1) is 5.92 Å². The lowest BCUT2D eigenvalue weighted by atomic mass is 9.97. The number of rotatable bonds is 14.